The van der Waals surface area contributed by atoms with Crippen LogP contribution >= 0.6 is 11.3 Å². The number of nitrogens with one attached hydrogen (secondary N) is 2. The Bertz CT molecular complexity index is 3160. The van der Waals surface area contributed by atoms with E-state index in [0.29, 0.717) is 65.0 Å². The van der Waals surface area contributed by atoms with Crippen molar-refractivity contribution in [2.45, 2.75) is 152 Å². The number of hydrogen-bond donors (Lipinski definition) is 3. The van der Waals surface area contributed by atoms with Crippen LogP contribution in [-0.4, -0.2) is 110 Å². The second kappa shape index (κ2) is 24.2. The lowest BCUT2D eigenvalue weighted by molar-refractivity contribution is -0.132. The predicted molar refractivity (Wildman–Crippen MR) is 311 cm³/mol. The van der Waals surface area contributed by atoms with E-state index in [1.54, 1.807) is 34.6 Å². The van der Waals surface area contributed by atoms with Crippen molar-refractivity contribution in [2.75, 3.05) is 44.2 Å². The van der Waals surface area contributed by atoms with Gasteiger partial charge in [0.2, 0.25) is 18.2 Å². The number of carbonyl (C=O) groups is 3. The lowest BCUT2D eigenvalue weighted by Crippen LogP contribution is -2.52. The molecule has 3 aromatic heterocycles. The van der Waals surface area contributed by atoms with Gasteiger partial charge in [-0.3, -0.25) is 24.3 Å². The molecule has 0 bridgehead atoms. The molecule has 3 amide bonds. The van der Waals surface area contributed by atoms with Crippen LogP contribution < -0.4 is 20.3 Å². The lowest BCUT2D eigenvalue weighted by atomic mass is 9.77. The molecule has 79 heavy (non-hydrogen) atoms. The first-order valence-corrected chi connectivity index (χ1v) is 29.0. The fourth-order valence-corrected chi connectivity index (χ4v) is 12.4. The molecule has 3 aromatic carbocycles. The van der Waals surface area contributed by atoms with Crippen molar-refractivity contribution in [1.82, 2.24) is 40.4 Å². The highest BCUT2D eigenvalue weighted by molar-refractivity contribution is 7.13. The SMILES string of the molecule is CCc1c(F)ccc2cc(O)cc(-c3ncc4c(N5CCC[C@H](C)C5)nc(OCC5CCN(C(C)(C)CC(C)(C)C(=O)N[C@H](C)C(C)(C)C)C5)nc4c3F)c12.Cc1ncsc1-c1ccc([C@H](C)NC(=O)[C@@H]2CCCN2C=O)cc1. The van der Waals surface area contributed by atoms with Crippen molar-refractivity contribution in [1.29, 1.82) is 0 Å². The number of benzene rings is 3. The van der Waals surface area contributed by atoms with Crippen LogP contribution in [0, 0.1) is 41.2 Å². The number of aryl methyl sites for hydroxylation is 2. The number of ether oxygens (including phenoxy) is 1. The molecule has 5 atom stereocenters. The Kier molecular flexibility index (Phi) is 18.0. The van der Waals surface area contributed by atoms with Crippen LogP contribution in [0.5, 0.6) is 11.8 Å². The van der Waals surface area contributed by atoms with Crippen LogP contribution in [0.15, 0.2) is 60.2 Å². The molecule has 3 N–H and O–H groups in total. The quantitative estimate of drug-likeness (QED) is 0.0790. The number of aromatic hydroxyl groups is 1. The van der Waals surface area contributed by atoms with Crippen molar-refractivity contribution >= 4 is 57.1 Å². The molecular formula is C62H81F2N9O5S. The number of aromatic nitrogens is 4. The van der Waals surface area contributed by atoms with Gasteiger partial charge >= 0.3 is 6.01 Å². The van der Waals surface area contributed by atoms with Crippen LogP contribution in [0.3, 0.4) is 0 Å². The van der Waals surface area contributed by atoms with Crippen LogP contribution in [-0.2, 0) is 20.8 Å². The van der Waals surface area contributed by atoms with Gasteiger partial charge < -0.3 is 30.3 Å². The Balaban J connectivity index is 0.000000284. The van der Waals surface area contributed by atoms with Crippen LogP contribution in [0.2, 0.25) is 0 Å². The first kappa shape index (κ1) is 58.8. The van der Waals surface area contributed by atoms with Crippen molar-refractivity contribution in [3.8, 4) is 33.5 Å². The van der Waals surface area contributed by atoms with Gasteiger partial charge in [-0.05, 0) is 143 Å². The van der Waals surface area contributed by atoms with Gasteiger partial charge in [0.15, 0.2) is 5.82 Å². The summed E-state index contributed by atoms with van der Waals surface area (Å²) in [6.45, 7) is 29.2. The molecule has 3 fully saturated rings. The van der Waals surface area contributed by atoms with Gasteiger partial charge in [0.05, 0.1) is 34.1 Å². The summed E-state index contributed by atoms with van der Waals surface area (Å²) >= 11 is 1.63. The Morgan fingerprint density at radius 3 is 2.33 bits per heavy atom. The summed E-state index contributed by atoms with van der Waals surface area (Å²) in [5.41, 5.74) is 5.03. The van der Waals surface area contributed by atoms with Gasteiger partial charge in [0.1, 0.15) is 34.6 Å². The number of pyridine rings is 1. The van der Waals surface area contributed by atoms with E-state index in [1.807, 2.05) is 52.3 Å². The van der Waals surface area contributed by atoms with Crippen LogP contribution in [0.4, 0.5) is 14.6 Å². The van der Waals surface area contributed by atoms with Gasteiger partial charge in [-0.25, -0.2) is 13.8 Å². The number of anilines is 1. The summed E-state index contributed by atoms with van der Waals surface area (Å²) in [5.74, 6) is 0.0671. The van der Waals surface area contributed by atoms with Crippen molar-refractivity contribution < 1.29 is 33.0 Å². The molecular weight excluding hydrogens is 1020 g/mol. The molecule has 6 heterocycles. The lowest BCUT2D eigenvalue weighted by Gasteiger charge is -2.42. The van der Waals surface area contributed by atoms with Gasteiger partial charge in [0.25, 0.3) is 0 Å². The maximum absolute atomic E-state index is 17.0. The van der Waals surface area contributed by atoms with Crippen LogP contribution in [0.1, 0.15) is 138 Å². The molecule has 9 rings (SSSR count). The van der Waals surface area contributed by atoms with E-state index < -0.39 is 17.0 Å². The number of piperidine rings is 1. The van der Waals surface area contributed by atoms with E-state index in [4.69, 9.17) is 9.72 Å². The first-order valence-electron chi connectivity index (χ1n) is 28.1. The molecule has 0 radical (unpaired) electrons. The summed E-state index contributed by atoms with van der Waals surface area (Å²) in [6.07, 6.45) is 8.06. The highest BCUT2D eigenvalue weighted by atomic mass is 32.1. The average Bonchev–Trinajstić information content (AvgIpc) is 4.28. The Morgan fingerprint density at radius 2 is 1.66 bits per heavy atom. The topological polar surface area (TPSA) is 166 Å². The zero-order chi connectivity index (χ0) is 57.1. The molecule has 0 aliphatic carbocycles. The monoisotopic (exact) mass is 1100 g/mol. The molecule has 424 valence electrons. The molecule has 14 nitrogen and oxygen atoms in total. The summed E-state index contributed by atoms with van der Waals surface area (Å²) in [5, 5.41) is 18.5. The van der Waals surface area contributed by atoms with E-state index >= 15 is 8.78 Å². The molecule has 0 saturated carbocycles. The number of carbonyl (C=O) groups excluding carboxylic acids is 3. The third-order valence-corrected chi connectivity index (χ3v) is 17.6. The van der Waals surface area contributed by atoms with E-state index in [0.717, 1.165) is 81.5 Å². The van der Waals surface area contributed by atoms with Crippen molar-refractivity contribution in [3.05, 3.63) is 88.7 Å². The number of phenolic OH excluding ortho intramolecular Hbond substituents is 1. The Hall–Kier alpha value is -6.33. The van der Waals surface area contributed by atoms with E-state index in [2.05, 4.69) is 96.0 Å². The molecule has 3 aliphatic rings. The number of rotatable bonds is 16. The second-order valence-electron chi connectivity index (χ2n) is 24.6. The fraction of sp³-hybridized carbons (Fsp3) is 0.532. The summed E-state index contributed by atoms with van der Waals surface area (Å²) in [7, 11) is 0. The number of hydrogen-bond acceptors (Lipinski definition) is 12. The number of halogens is 2. The molecule has 6 aromatic rings. The minimum atomic E-state index is -0.674. The van der Waals surface area contributed by atoms with E-state index in [1.165, 1.54) is 17.0 Å². The zero-order valence-electron chi connectivity index (χ0n) is 48.3. The fourth-order valence-electron chi connectivity index (χ4n) is 11.6. The maximum Gasteiger partial charge on any atom is 0.319 e. The summed E-state index contributed by atoms with van der Waals surface area (Å²) < 4.78 is 38.4. The molecule has 0 spiro atoms. The molecule has 17 heteroatoms. The Morgan fingerprint density at radius 1 is 0.924 bits per heavy atom. The van der Waals surface area contributed by atoms with Gasteiger partial charge in [-0.1, -0.05) is 78.8 Å². The number of amides is 3. The largest absolute Gasteiger partial charge is 0.508 e. The predicted octanol–water partition coefficient (Wildman–Crippen LogP) is 12.0. The van der Waals surface area contributed by atoms with Gasteiger partial charge in [-0.2, -0.15) is 9.97 Å². The maximum atomic E-state index is 17.0. The third kappa shape index (κ3) is 13.3. The number of fused-ring (bicyclic) bond motifs is 2. The number of nitrogens with zero attached hydrogens (tertiary/aromatic N) is 7. The molecule has 1 unspecified atom stereocenters. The first-order chi connectivity index (χ1) is 37.4. The van der Waals surface area contributed by atoms with Crippen molar-refractivity contribution in [3.63, 3.8) is 0 Å². The highest BCUT2D eigenvalue weighted by Crippen LogP contribution is 2.41. The van der Waals surface area contributed by atoms with Gasteiger partial charge in [-0.15, -0.1) is 11.3 Å². The highest BCUT2D eigenvalue weighted by Gasteiger charge is 2.42. The minimum absolute atomic E-state index is 0.0190. The molecule has 3 saturated heterocycles. The standard InChI is InChI=1S/C44H60F2N6O3.C18H21N3O2S/c1-11-31-34(45)15-14-29-19-30(53)20-32(35(29)31)37-36(46)38-33(21-47-37)39(51-17-12-13-26(2)22-51)50-41(49-38)55-24-28-16-18-52(23-28)44(9,10)25-43(7,8)40(54)48-27(3)42(4,5)6;1-12(20-18(23)16-4-3-9-21(16)11-22)14-5-7-15(8-6-14)17-13(2)19-10-24-17/h14-15,19-21,26-28,53H,11-13,16-18,22-25H2,1-10H3,(H,48,54);5-8,10-12,16H,3-4,9H2,1-2H3,(H,20,23)/t26-,27+,28?;12-,16-/m00/s1. The molecule has 3 aliphatic heterocycles. The minimum Gasteiger partial charge on any atom is -0.508 e. The smallest absolute Gasteiger partial charge is 0.319 e. The average molecular weight is 1100 g/mol. The zero-order valence-corrected chi connectivity index (χ0v) is 49.1. The Labute approximate surface area is 469 Å². The van der Waals surface area contributed by atoms with E-state index in [-0.39, 0.29) is 69.8 Å². The van der Waals surface area contributed by atoms with E-state index in [9.17, 15) is 19.5 Å². The summed E-state index contributed by atoms with van der Waals surface area (Å²) in [4.78, 5) is 62.6. The number of likely N-dealkylation sites (tertiary alicyclic amines) is 2. The summed E-state index contributed by atoms with van der Waals surface area (Å²) in [6, 6.07) is 13.9. The van der Waals surface area contributed by atoms with Crippen LogP contribution in [0.25, 0.3) is 43.4 Å². The van der Waals surface area contributed by atoms with Crippen molar-refractivity contribution in [2.24, 2.45) is 22.7 Å². The normalized spacial score (nSPS) is 19.0. The number of thiazole rings is 1. The van der Waals surface area contributed by atoms with Gasteiger partial charge in [0, 0.05) is 60.9 Å². The second-order valence-corrected chi connectivity index (χ2v) is 25.5. The third-order valence-electron chi connectivity index (χ3n) is 16.6. The number of phenols is 1.